The van der Waals surface area contributed by atoms with Crippen LogP contribution in [0.5, 0.6) is 0 Å². The third-order valence-corrected chi connectivity index (χ3v) is 6.22. The van der Waals surface area contributed by atoms with Gasteiger partial charge < -0.3 is 10.2 Å². The molecule has 0 aromatic carbocycles. The van der Waals surface area contributed by atoms with Crippen molar-refractivity contribution < 1.29 is 13.6 Å². The van der Waals surface area contributed by atoms with E-state index < -0.39 is 5.92 Å². The van der Waals surface area contributed by atoms with Crippen molar-refractivity contribution in [3.05, 3.63) is 44.9 Å². The molecule has 2 aromatic rings. The molecule has 3 heterocycles. The van der Waals surface area contributed by atoms with Gasteiger partial charge in [0, 0.05) is 32.1 Å². The molecule has 2 aromatic heterocycles. The van der Waals surface area contributed by atoms with Gasteiger partial charge in [-0.05, 0) is 44.5 Å². The molecule has 0 spiro atoms. The van der Waals surface area contributed by atoms with E-state index in [1.54, 1.807) is 23.1 Å². The second-order valence-electron chi connectivity index (χ2n) is 7.01. The summed E-state index contributed by atoms with van der Waals surface area (Å²) in [5.41, 5.74) is 3.04. The number of thiazole rings is 1. The maximum absolute atomic E-state index is 12.4. The molecule has 3 rings (SSSR count). The van der Waals surface area contributed by atoms with E-state index in [-0.39, 0.29) is 25.9 Å². The van der Waals surface area contributed by atoms with Gasteiger partial charge in [0.1, 0.15) is 5.82 Å². The lowest BCUT2D eigenvalue weighted by molar-refractivity contribution is -0.124. The Balaban J connectivity index is 0.000000285. The number of aryl methyl sites for hydroxylation is 3. The minimum atomic E-state index is -2.54. The number of pyridine rings is 1. The first-order valence-electron chi connectivity index (χ1n) is 9.70. The van der Waals surface area contributed by atoms with Crippen molar-refractivity contribution in [2.75, 3.05) is 24.3 Å². The number of aromatic nitrogens is 2. The minimum absolute atomic E-state index is 0.189. The second kappa shape index (κ2) is 11.9. The molecule has 1 N–H and O–H groups in total. The van der Waals surface area contributed by atoms with E-state index in [0.717, 1.165) is 38.5 Å². The minimum Gasteiger partial charge on any atom is -0.361 e. The monoisotopic (exact) mass is 467 g/mol. The lowest BCUT2D eigenvalue weighted by Gasteiger charge is -2.28. The van der Waals surface area contributed by atoms with E-state index >= 15 is 0 Å². The van der Waals surface area contributed by atoms with Crippen molar-refractivity contribution in [2.24, 2.45) is 4.99 Å². The van der Waals surface area contributed by atoms with Gasteiger partial charge in [-0.3, -0.25) is 9.79 Å². The van der Waals surface area contributed by atoms with Crippen LogP contribution in [0.1, 0.15) is 34.0 Å². The molecule has 0 atom stereocenters. The number of halogens is 2. The number of nitrogens with zero attached hydrogens (tertiary/aromatic N) is 4. The molecule has 1 aliphatic heterocycles. The zero-order valence-corrected chi connectivity index (χ0v) is 19.5. The first kappa shape index (κ1) is 24.9. The van der Waals surface area contributed by atoms with Crippen molar-refractivity contribution in [1.29, 1.82) is 0 Å². The third-order valence-electron chi connectivity index (χ3n) is 4.43. The van der Waals surface area contributed by atoms with Crippen molar-refractivity contribution in [2.45, 2.75) is 39.5 Å². The van der Waals surface area contributed by atoms with Crippen LogP contribution in [0.25, 0.3) is 5.70 Å². The highest BCUT2D eigenvalue weighted by atomic mass is 32.2. The summed E-state index contributed by atoms with van der Waals surface area (Å²) in [5, 5.41) is 6.31. The zero-order chi connectivity index (χ0) is 22.9. The van der Waals surface area contributed by atoms with Crippen LogP contribution in [0.15, 0.2) is 28.7 Å². The number of alkyl halides is 2. The molecule has 1 amide bonds. The SMILES string of the molecule is C=N/C(=C\SCNc1ccc(C)cn1)c1sc(C)nc1C.O=CN1CCC(F)(F)CC1. The largest absolute Gasteiger partial charge is 0.361 e. The molecule has 0 bridgehead atoms. The number of anilines is 1. The van der Waals surface area contributed by atoms with Crippen LogP contribution < -0.4 is 5.32 Å². The van der Waals surface area contributed by atoms with Gasteiger partial charge in [-0.25, -0.2) is 18.7 Å². The summed E-state index contributed by atoms with van der Waals surface area (Å²) in [6, 6.07) is 4.01. The number of thioether (sulfide) groups is 1. The number of nitrogens with one attached hydrogen (secondary N) is 1. The van der Waals surface area contributed by atoms with Crippen molar-refractivity contribution in [3.8, 4) is 0 Å². The average Bonchev–Trinajstić information content (AvgIpc) is 3.08. The molecule has 1 saturated heterocycles. The van der Waals surface area contributed by atoms with Gasteiger partial charge in [-0.15, -0.1) is 23.1 Å². The number of carbonyl (C=O) groups is 1. The Labute approximate surface area is 189 Å². The van der Waals surface area contributed by atoms with Gasteiger partial charge in [0.15, 0.2) is 0 Å². The third kappa shape index (κ3) is 8.37. The number of rotatable bonds is 7. The predicted octanol–water partition coefficient (Wildman–Crippen LogP) is 5.14. The summed E-state index contributed by atoms with van der Waals surface area (Å²) in [7, 11) is 0. The van der Waals surface area contributed by atoms with Gasteiger partial charge >= 0.3 is 0 Å². The second-order valence-corrected chi connectivity index (χ2v) is 9.08. The summed E-state index contributed by atoms with van der Waals surface area (Å²) in [4.78, 5) is 25.3. The fraction of sp³-hybridized carbons (Fsp3) is 0.429. The van der Waals surface area contributed by atoms with Gasteiger partial charge in [0.2, 0.25) is 6.41 Å². The van der Waals surface area contributed by atoms with E-state index in [2.05, 4.69) is 27.0 Å². The van der Waals surface area contributed by atoms with Crippen LogP contribution in [-0.4, -0.2) is 52.9 Å². The van der Waals surface area contributed by atoms with Gasteiger partial charge in [0.05, 0.1) is 27.2 Å². The normalized spacial score (nSPS) is 15.6. The Morgan fingerprint density at radius 2 is 2.06 bits per heavy atom. The molecular weight excluding hydrogens is 440 g/mol. The number of aliphatic imine (C=N–C) groups is 1. The standard InChI is InChI=1S/C15H18N4S2.C6H9F2NO/c1-10-5-6-14(17-7-10)18-9-20-8-13(16-4)15-11(2)19-12(3)21-15;7-6(8)1-3-9(5-10)4-2-6/h5-8H,4,9H2,1-3H3,(H,17,18);5H,1-4H2/b13-8-;. The van der Waals surface area contributed by atoms with Crippen molar-refractivity contribution >= 4 is 47.7 Å². The predicted molar refractivity (Wildman–Crippen MR) is 126 cm³/mol. The molecule has 0 saturated carbocycles. The highest BCUT2D eigenvalue weighted by molar-refractivity contribution is 8.02. The molecule has 0 radical (unpaired) electrons. The van der Waals surface area contributed by atoms with Crippen LogP contribution in [0.3, 0.4) is 0 Å². The number of carbonyl (C=O) groups excluding carboxylic acids is 1. The number of amides is 1. The molecule has 168 valence electrons. The first-order chi connectivity index (χ1) is 14.7. The Hall–Kier alpha value is -2.33. The lowest BCUT2D eigenvalue weighted by Crippen LogP contribution is -2.38. The van der Waals surface area contributed by atoms with E-state index in [1.165, 1.54) is 4.90 Å². The van der Waals surface area contributed by atoms with E-state index in [9.17, 15) is 13.6 Å². The summed E-state index contributed by atoms with van der Waals surface area (Å²) in [6.07, 6.45) is 2.09. The van der Waals surface area contributed by atoms with Crippen LogP contribution in [0, 0.1) is 20.8 Å². The summed E-state index contributed by atoms with van der Waals surface area (Å²) in [6.45, 7) is 10.1. The van der Waals surface area contributed by atoms with E-state index in [4.69, 9.17) is 0 Å². The van der Waals surface area contributed by atoms with Crippen LogP contribution >= 0.6 is 23.1 Å². The zero-order valence-electron chi connectivity index (χ0n) is 17.9. The van der Waals surface area contributed by atoms with Gasteiger partial charge in [-0.2, -0.15) is 0 Å². The molecule has 10 heteroatoms. The van der Waals surface area contributed by atoms with E-state index in [1.807, 2.05) is 44.5 Å². The number of piperidine rings is 1. The topological polar surface area (TPSA) is 70.5 Å². The van der Waals surface area contributed by atoms with Gasteiger partial charge in [0.25, 0.3) is 5.92 Å². The molecule has 0 unspecified atom stereocenters. The van der Waals surface area contributed by atoms with E-state index in [0.29, 0.717) is 6.41 Å². The Morgan fingerprint density at radius 3 is 2.58 bits per heavy atom. The van der Waals surface area contributed by atoms with Crippen molar-refractivity contribution in [3.63, 3.8) is 0 Å². The Bertz CT molecular complexity index is 890. The summed E-state index contributed by atoms with van der Waals surface area (Å²) in [5.74, 6) is -0.940. The number of likely N-dealkylation sites (tertiary alicyclic amines) is 1. The molecular formula is C21H27F2N5OS2. The first-order valence-corrected chi connectivity index (χ1v) is 11.6. The highest BCUT2D eigenvalue weighted by Crippen LogP contribution is 2.28. The molecule has 0 aliphatic carbocycles. The average molecular weight is 468 g/mol. The summed E-state index contributed by atoms with van der Waals surface area (Å²) < 4.78 is 24.7. The molecule has 1 fully saturated rings. The van der Waals surface area contributed by atoms with Gasteiger partial charge in [-0.1, -0.05) is 6.07 Å². The van der Waals surface area contributed by atoms with Crippen LogP contribution in [-0.2, 0) is 4.79 Å². The van der Waals surface area contributed by atoms with Crippen LogP contribution in [0.2, 0.25) is 0 Å². The lowest BCUT2D eigenvalue weighted by atomic mass is 10.1. The Kier molecular flexibility index (Phi) is 9.57. The molecule has 6 nitrogen and oxygen atoms in total. The quantitative estimate of drug-likeness (QED) is 0.264. The Morgan fingerprint density at radius 1 is 1.35 bits per heavy atom. The smallest absolute Gasteiger partial charge is 0.251 e. The van der Waals surface area contributed by atoms with Crippen molar-refractivity contribution in [1.82, 2.24) is 14.9 Å². The molecule has 31 heavy (non-hydrogen) atoms. The fourth-order valence-corrected chi connectivity index (χ4v) is 4.34. The van der Waals surface area contributed by atoms with Crippen LogP contribution in [0.4, 0.5) is 14.6 Å². The molecule has 1 aliphatic rings. The fourth-order valence-electron chi connectivity index (χ4n) is 2.70. The summed E-state index contributed by atoms with van der Waals surface area (Å²) >= 11 is 3.27. The maximum atomic E-state index is 12.4. The number of hydrogen-bond acceptors (Lipinski definition) is 7. The maximum Gasteiger partial charge on any atom is 0.251 e. The number of hydrogen-bond donors (Lipinski definition) is 1. The highest BCUT2D eigenvalue weighted by Gasteiger charge is 2.33.